The van der Waals surface area contributed by atoms with Crippen LogP contribution in [0.4, 0.5) is 0 Å². The van der Waals surface area contributed by atoms with E-state index in [-0.39, 0.29) is 5.92 Å². The van der Waals surface area contributed by atoms with E-state index < -0.39 is 5.97 Å². The molecule has 106 valence electrons. The molecule has 19 heavy (non-hydrogen) atoms. The van der Waals surface area contributed by atoms with Gasteiger partial charge in [0, 0.05) is 13.1 Å². The van der Waals surface area contributed by atoms with Crippen LogP contribution in [0.15, 0.2) is 24.3 Å². The van der Waals surface area contributed by atoms with E-state index >= 15 is 0 Å². The molecule has 1 aromatic carbocycles. The van der Waals surface area contributed by atoms with Gasteiger partial charge in [-0.2, -0.15) is 0 Å². The highest BCUT2D eigenvalue weighted by Gasteiger charge is 2.13. The zero-order valence-electron chi connectivity index (χ0n) is 12.2. The number of carboxylic acids is 1. The molecule has 1 unspecified atom stereocenters. The molecule has 0 aliphatic rings. The van der Waals surface area contributed by atoms with Gasteiger partial charge in [-0.3, -0.25) is 4.79 Å². The van der Waals surface area contributed by atoms with Crippen molar-refractivity contribution in [1.82, 2.24) is 4.90 Å². The average Bonchev–Trinajstić information content (AvgIpc) is 2.38. The SMILES string of the molecule is CCCc1ccc(CCN(C)CC(C)C(=O)O)cc1. The van der Waals surface area contributed by atoms with E-state index in [0.717, 1.165) is 19.4 Å². The number of benzene rings is 1. The smallest absolute Gasteiger partial charge is 0.307 e. The fourth-order valence-electron chi connectivity index (χ4n) is 2.12. The highest BCUT2D eigenvalue weighted by Crippen LogP contribution is 2.08. The van der Waals surface area contributed by atoms with Crippen molar-refractivity contribution < 1.29 is 9.90 Å². The number of aryl methyl sites for hydroxylation is 1. The van der Waals surface area contributed by atoms with Crippen molar-refractivity contribution in [3.8, 4) is 0 Å². The number of rotatable bonds is 8. The summed E-state index contributed by atoms with van der Waals surface area (Å²) in [6.45, 7) is 5.43. The molecule has 0 saturated carbocycles. The van der Waals surface area contributed by atoms with E-state index in [1.54, 1.807) is 6.92 Å². The number of likely N-dealkylation sites (N-methyl/N-ethyl adjacent to an activating group) is 1. The second kappa shape index (κ2) is 7.95. The first-order valence-corrected chi connectivity index (χ1v) is 7.02. The first kappa shape index (κ1) is 15.7. The number of carboxylic acid groups (broad SMARTS) is 1. The average molecular weight is 263 g/mol. The Hall–Kier alpha value is -1.35. The fraction of sp³-hybridized carbons (Fsp3) is 0.562. The first-order valence-electron chi connectivity index (χ1n) is 7.02. The van der Waals surface area contributed by atoms with Crippen molar-refractivity contribution >= 4 is 5.97 Å². The summed E-state index contributed by atoms with van der Waals surface area (Å²) in [4.78, 5) is 12.9. The van der Waals surface area contributed by atoms with Crippen LogP contribution in [0.3, 0.4) is 0 Å². The predicted molar refractivity (Wildman–Crippen MR) is 78.4 cm³/mol. The van der Waals surface area contributed by atoms with E-state index in [0.29, 0.717) is 6.54 Å². The second-order valence-electron chi connectivity index (χ2n) is 5.32. The van der Waals surface area contributed by atoms with E-state index in [9.17, 15) is 4.79 Å². The second-order valence-corrected chi connectivity index (χ2v) is 5.32. The van der Waals surface area contributed by atoms with Crippen LogP contribution in [-0.2, 0) is 17.6 Å². The normalized spacial score (nSPS) is 12.6. The van der Waals surface area contributed by atoms with Gasteiger partial charge in [0.25, 0.3) is 0 Å². The molecule has 1 atom stereocenters. The van der Waals surface area contributed by atoms with Gasteiger partial charge in [-0.25, -0.2) is 0 Å². The molecule has 0 radical (unpaired) electrons. The number of aliphatic carboxylic acids is 1. The summed E-state index contributed by atoms with van der Waals surface area (Å²) in [5.41, 5.74) is 2.70. The molecule has 3 nitrogen and oxygen atoms in total. The van der Waals surface area contributed by atoms with Crippen molar-refractivity contribution in [1.29, 1.82) is 0 Å². The van der Waals surface area contributed by atoms with E-state index in [1.165, 1.54) is 17.5 Å². The summed E-state index contributed by atoms with van der Waals surface area (Å²) in [7, 11) is 1.98. The zero-order valence-corrected chi connectivity index (χ0v) is 12.2. The van der Waals surface area contributed by atoms with Crippen LogP contribution < -0.4 is 0 Å². The lowest BCUT2D eigenvalue weighted by atomic mass is 10.1. The topological polar surface area (TPSA) is 40.5 Å². The van der Waals surface area contributed by atoms with Gasteiger partial charge >= 0.3 is 5.97 Å². The highest BCUT2D eigenvalue weighted by atomic mass is 16.4. The third-order valence-corrected chi connectivity index (χ3v) is 3.35. The summed E-state index contributed by atoms with van der Waals surface area (Å²) >= 11 is 0. The summed E-state index contributed by atoms with van der Waals surface area (Å²) in [6.07, 6.45) is 3.28. The highest BCUT2D eigenvalue weighted by molar-refractivity contribution is 5.69. The van der Waals surface area contributed by atoms with Crippen LogP contribution in [-0.4, -0.2) is 36.1 Å². The van der Waals surface area contributed by atoms with E-state index in [2.05, 4.69) is 36.1 Å². The van der Waals surface area contributed by atoms with Crippen LogP contribution in [0.1, 0.15) is 31.4 Å². The molecule has 0 heterocycles. The summed E-state index contributed by atoms with van der Waals surface area (Å²) in [5, 5.41) is 8.87. The maximum absolute atomic E-state index is 10.8. The van der Waals surface area contributed by atoms with Gasteiger partial charge in [0.1, 0.15) is 0 Å². The molecule has 0 saturated heterocycles. The Morgan fingerprint density at radius 1 is 1.21 bits per heavy atom. The molecule has 0 fully saturated rings. The van der Waals surface area contributed by atoms with Crippen molar-refractivity contribution in [2.24, 2.45) is 5.92 Å². The third-order valence-electron chi connectivity index (χ3n) is 3.35. The lowest BCUT2D eigenvalue weighted by Crippen LogP contribution is -2.30. The van der Waals surface area contributed by atoms with Crippen LogP contribution >= 0.6 is 0 Å². The fourth-order valence-corrected chi connectivity index (χ4v) is 2.12. The standard InChI is InChI=1S/C16H25NO2/c1-4-5-14-6-8-15(9-7-14)10-11-17(3)12-13(2)16(18)19/h6-9,13H,4-5,10-12H2,1-3H3,(H,18,19). The number of hydrogen-bond acceptors (Lipinski definition) is 2. The maximum atomic E-state index is 10.8. The van der Waals surface area contributed by atoms with E-state index in [1.807, 2.05) is 7.05 Å². The molecule has 0 aromatic heterocycles. The Kier molecular flexibility index (Phi) is 6.57. The lowest BCUT2D eigenvalue weighted by molar-refractivity contribution is -0.141. The van der Waals surface area contributed by atoms with Crippen LogP contribution in [0, 0.1) is 5.92 Å². The summed E-state index contributed by atoms with van der Waals surface area (Å²) < 4.78 is 0. The van der Waals surface area contributed by atoms with Crippen molar-refractivity contribution in [3.05, 3.63) is 35.4 Å². The van der Waals surface area contributed by atoms with Gasteiger partial charge in [-0.05, 0) is 31.0 Å². The Labute approximate surface area is 116 Å². The Morgan fingerprint density at radius 3 is 2.21 bits per heavy atom. The monoisotopic (exact) mass is 263 g/mol. The molecule has 1 aromatic rings. The van der Waals surface area contributed by atoms with Crippen molar-refractivity contribution in [2.75, 3.05) is 20.1 Å². The van der Waals surface area contributed by atoms with Crippen molar-refractivity contribution in [3.63, 3.8) is 0 Å². The number of hydrogen-bond donors (Lipinski definition) is 1. The van der Waals surface area contributed by atoms with Gasteiger partial charge in [0.15, 0.2) is 0 Å². The van der Waals surface area contributed by atoms with Gasteiger partial charge in [-0.15, -0.1) is 0 Å². The Balaban J connectivity index is 2.37. The molecule has 1 rings (SSSR count). The molecule has 1 N–H and O–H groups in total. The van der Waals surface area contributed by atoms with Gasteiger partial charge in [0.2, 0.25) is 0 Å². The largest absolute Gasteiger partial charge is 0.481 e. The van der Waals surface area contributed by atoms with Crippen LogP contribution in [0.25, 0.3) is 0 Å². The maximum Gasteiger partial charge on any atom is 0.307 e. The number of nitrogens with zero attached hydrogens (tertiary/aromatic N) is 1. The minimum Gasteiger partial charge on any atom is -0.481 e. The lowest BCUT2D eigenvalue weighted by Gasteiger charge is -2.18. The molecule has 3 heteroatoms. The molecule has 0 spiro atoms. The third kappa shape index (κ3) is 5.88. The number of carbonyl (C=O) groups is 1. The predicted octanol–water partition coefficient (Wildman–Crippen LogP) is 2.83. The molecular weight excluding hydrogens is 238 g/mol. The summed E-state index contributed by atoms with van der Waals surface area (Å²) in [6, 6.07) is 8.75. The van der Waals surface area contributed by atoms with Crippen LogP contribution in [0.2, 0.25) is 0 Å². The van der Waals surface area contributed by atoms with Gasteiger partial charge in [-0.1, -0.05) is 44.5 Å². The first-order chi connectivity index (χ1) is 9.02. The van der Waals surface area contributed by atoms with Gasteiger partial charge < -0.3 is 10.0 Å². The van der Waals surface area contributed by atoms with E-state index in [4.69, 9.17) is 5.11 Å². The molecule has 0 aliphatic heterocycles. The molecule has 0 amide bonds. The Bertz CT molecular complexity index is 386. The minimum atomic E-state index is -0.726. The van der Waals surface area contributed by atoms with Crippen molar-refractivity contribution in [2.45, 2.75) is 33.1 Å². The quantitative estimate of drug-likeness (QED) is 0.784. The minimum absolute atomic E-state index is 0.308. The molecular formula is C16H25NO2. The van der Waals surface area contributed by atoms with Crippen LogP contribution in [0.5, 0.6) is 0 Å². The molecule has 0 bridgehead atoms. The molecule has 0 aliphatic carbocycles. The Morgan fingerprint density at radius 2 is 1.74 bits per heavy atom. The van der Waals surface area contributed by atoms with Gasteiger partial charge in [0.05, 0.1) is 5.92 Å². The summed E-state index contributed by atoms with van der Waals surface area (Å²) in [5.74, 6) is -1.03. The zero-order chi connectivity index (χ0) is 14.3.